The zero-order valence-electron chi connectivity index (χ0n) is 15.0. The Kier molecular flexibility index (Phi) is 5.88. The predicted octanol–water partition coefficient (Wildman–Crippen LogP) is 3.56. The molecular weight excluding hydrogens is 362 g/mol. The first-order valence-electron chi connectivity index (χ1n) is 8.60. The van der Waals surface area contributed by atoms with Crippen molar-refractivity contribution in [1.29, 1.82) is 0 Å². The van der Waals surface area contributed by atoms with E-state index in [0.29, 0.717) is 17.7 Å². The molecule has 3 aromatic rings. The molecule has 0 aliphatic carbocycles. The average Bonchev–Trinajstić information content (AvgIpc) is 3.17. The van der Waals surface area contributed by atoms with Gasteiger partial charge in [0.05, 0.1) is 11.0 Å². The summed E-state index contributed by atoms with van der Waals surface area (Å²) in [4.78, 5) is 12.7. The summed E-state index contributed by atoms with van der Waals surface area (Å²) in [6.45, 7) is 0. The van der Waals surface area contributed by atoms with Gasteiger partial charge in [-0.2, -0.15) is 0 Å². The van der Waals surface area contributed by atoms with E-state index in [1.807, 2.05) is 18.2 Å². The minimum absolute atomic E-state index is 0.0357. The van der Waals surface area contributed by atoms with Crippen LogP contribution in [0.5, 0.6) is 0 Å². The van der Waals surface area contributed by atoms with Gasteiger partial charge in [0.2, 0.25) is 0 Å². The van der Waals surface area contributed by atoms with Gasteiger partial charge >= 0.3 is 0 Å². The summed E-state index contributed by atoms with van der Waals surface area (Å²) in [7, 11) is -2.15. The van der Waals surface area contributed by atoms with Crippen molar-refractivity contribution >= 4 is 15.8 Å². The van der Waals surface area contributed by atoms with Gasteiger partial charge in [0.1, 0.15) is 0 Å². The number of carbonyl (C=O) groups excluding carboxylic acids is 1. The third kappa shape index (κ3) is 4.35. The molecule has 1 aromatic heterocycles. The smallest absolute Gasteiger partial charge is 0.267 e. The molecule has 1 unspecified atom stereocenters. The SMILES string of the molecule is COC(CC(=O)c1ccccc1)Cc1cccn1S(=O)(=O)c1ccccc1. The number of ketones is 1. The van der Waals surface area contributed by atoms with Crippen molar-refractivity contribution in [2.75, 3.05) is 7.11 Å². The lowest BCUT2D eigenvalue weighted by Crippen LogP contribution is -2.23. The van der Waals surface area contributed by atoms with E-state index in [9.17, 15) is 13.2 Å². The molecule has 0 amide bonds. The second-order valence-electron chi connectivity index (χ2n) is 6.17. The van der Waals surface area contributed by atoms with Crippen LogP contribution in [0.3, 0.4) is 0 Å². The average molecular weight is 383 g/mol. The summed E-state index contributed by atoms with van der Waals surface area (Å²) in [6, 6.07) is 20.7. The van der Waals surface area contributed by atoms with Crippen LogP contribution in [-0.2, 0) is 21.2 Å². The second-order valence-corrected chi connectivity index (χ2v) is 7.98. The predicted molar refractivity (Wildman–Crippen MR) is 103 cm³/mol. The van der Waals surface area contributed by atoms with Gasteiger partial charge in [0, 0.05) is 37.4 Å². The highest BCUT2D eigenvalue weighted by Crippen LogP contribution is 2.19. The fourth-order valence-corrected chi connectivity index (χ4v) is 4.32. The molecule has 3 rings (SSSR count). The van der Waals surface area contributed by atoms with Gasteiger partial charge in [-0.15, -0.1) is 0 Å². The number of rotatable bonds is 8. The summed E-state index contributed by atoms with van der Waals surface area (Å²) >= 11 is 0. The van der Waals surface area contributed by atoms with Crippen molar-refractivity contribution in [3.63, 3.8) is 0 Å². The summed E-state index contributed by atoms with van der Waals surface area (Å²) in [5.74, 6) is -0.0357. The van der Waals surface area contributed by atoms with Crippen LogP contribution in [-0.4, -0.2) is 31.4 Å². The Balaban J connectivity index is 1.80. The zero-order valence-corrected chi connectivity index (χ0v) is 15.8. The minimum atomic E-state index is -3.68. The van der Waals surface area contributed by atoms with Crippen LogP contribution in [0.25, 0.3) is 0 Å². The van der Waals surface area contributed by atoms with E-state index in [1.54, 1.807) is 54.6 Å². The third-order valence-electron chi connectivity index (χ3n) is 4.37. The number of methoxy groups -OCH3 is 1. The Morgan fingerprint density at radius 1 is 0.963 bits per heavy atom. The summed E-state index contributed by atoms with van der Waals surface area (Å²) in [6.07, 6.45) is 1.59. The fraction of sp³-hybridized carbons (Fsp3) is 0.190. The van der Waals surface area contributed by atoms with Gasteiger partial charge in [-0.25, -0.2) is 12.4 Å². The molecule has 0 spiro atoms. The Morgan fingerprint density at radius 3 is 2.22 bits per heavy atom. The van der Waals surface area contributed by atoms with Crippen molar-refractivity contribution in [1.82, 2.24) is 3.97 Å². The number of Topliss-reactive ketones (excluding diaryl/α,β-unsaturated/α-hetero) is 1. The Morgan fingerprint density at radius 2 is 1.59 bits per heavy atom. The third-order valence-corrected chi connectivity index (χ3v) is 6.11. The van der Waals surface area contributed by atoms with E-state index in [4.69, 9.17) is 4.74 Å². The number of aromatic nitrogens is 1. The second kappa shape index (κ2) is 8.33. The van der Waals surface area contributed by atoms with Crippen molar-refractivity contribution in [3.8, 4) is 0 Å². The normalized spacial score (nSPS) is 12.6. The van der Waals surface area contributed by atoms with E-state index in [-0.39, 0.29) is 17.1 Å². The highest BCUT2D eigenvalue weighted by molar-refractivity contribution is 7.90. The molecule has 0 fully saturated rings. The highest BCUT2D eigenvalue weighted by Gasteiger charge is 2.22. The zero-order chi connectivity index (χ0) is 19.3. The molecule has 0 saturated carbocycles. The lowest BCUT2D eigenvalue weighted by Gasteiger charge is -2.17. The maximum atomic E-state index is 12.9. The lowest BCUT2D eigenvalue weighted by molar-refractivity contribution is 0.0730. The topological polar surface area (TPSA) is 65.4 Å². The van der Waals surface area contributed by atoms with Crippen LogP contribution >= 0.6 is 0 Å². The number of nitrogens with zero attached hydrogens (tertiary/aromatic N) is 1. The minimum Gasteiger partial charge on any atom is -0.381 e. The van der Waals surface area contributed by atoms with Crippen LogP contribution in [0, 0.1) is 0 Å². The van der Waals surface area contributed by atoms with Crippen LogP contribution < -0.4 is 0 Å². The molecular formula is C21H21NO4S. The van der Waals surface area contributed by atoms with Gasteiger partial charge in [-0.1, -0.05) is 48.5 Å². The molecule has 0 saturated heterocycles. The highest BCUT2D eigenvalue weighted by atomic mass is 32.2. The number of benzene rings is 2. The number of hydrogen-bond donors (Lipinski definition) is 0. The first-order chi connectivity index (χ1) is 13.0. The quantitative estimate of drug-likeness (QED) is 0.558. The van der Waals surface area contributed by atoms with Gasteiger partial charge in [-0.05, 0) is 24.3 Å². The standard InChI is InChI=1S/C21H21NO4S/c1-26-19(16-21(23)17-9-4-2-5-10-17)15-18-11-8-14-22(18)27(24,25)20-12-6-3-7-13-20/h2-14,19H,15-16H2,1H3. The van der Waals surface area contributed by atoms with E-state index >= 15 is 0 Å². The van der Waals surface area contributed by atoms with E-state index in [2.05, 4.69) is 0 Å². The first-order valence-corrected chi connectivity index (χ1v) is 10.0. The molecule has 0 bridgehead atoms. The Bertz CT molecular complexity index is 995. The lowest BCUT2D eigenvalue weighted by atomic mass is 10.0. The van der Waals surface area contributed by atoms with Crippen LogP contribution in [0.2, 0.25) is 0 Å². The van der Waals surface area contributed by atoms with Gasteiger partial charge in [0.25, 0.3) is 10.0 Å². The summed E-state index contributed by atoms with van der Waals surface area (Å²) in [5, 5.41) is 0. The summed E-state index contributed by atoms with van der Waals surface area (Å²) in [5.41, 5.74) is 1.19. The molecule has 0 aliphatic rings. The Hall–Kier alpha value is -2.70. The molecule has 5 nitrogen and oxygen atoms in total. The van der Waals surface area contributed by atoms with Gasteiger partial charge in [-0.3, -0.25) is 4.79 Å². The fourth-order valence-electron chi connectivity index (χ4n) is 2.92. The van der Waals surface area contributed by atoms with Crippen LogP contribution in [0.15, 0.2) is 83.9 Å². The van der Waals surface area contributed by atoms with Crippen molar-refractivity contribution < 1.29 is 17.9 Å². The number of hydrogen-bond acceptors (Lipinski definition) is 4. The largest absolute Gasteiger partial charge is 0.381 e. The van der Waals surface area contributed by atoms with E-state index < -0.39 is 16.1 Å². The number of ether oxygens (including phenoxy) is 1. The Labute approximate surface area is 159 Å². The molecule has 0 N–H and O–H groups in total. The number of carbonyl (C=O) groups is 1. The van der Waals surface area contributed by atoms with Crippen molar-refractivity contribution in [3.05, 3.63) is 90.3 Å². The molecule has 1 heterocycles. The van der Waals surface area contributed by atoms with E-state index in [1.165, 1.54) is 17.3 Å². The molecule has 1 atom stereocenters. The van der Waals surface area contributed by atoms with E-state index in [0.717, 1.165) is 0 Å². The maximum Gasteiger partial charge on any atom is 0.267 e. The van der Waals surface area contributed by atoms with Crippen LogP contribution in [0.4, 0.5) is 0 Å². The summed E-state index contributed by atoms with van der Waals surface area (Å²) < 4.78 is 32.5. The monoisotopic (exact) mass is 383 g/mol. The first kappa shape index (κ1) is 19.1. The molecule has 0 radical (unpaired) electrons. The molecule has 2 aromatic carbocycles. The molecule has 27 heavy (non-hydrogen) atoms. The van der Waals surface area contributed by atoms with Crippen LogP contribution in [0.1, 0.15) is 22.5 Å². The maximum absolute atomic E-state index is 12.9. The molecule has 6 heteroatoms. The molecule has 0 aliphatic heterocycles. The van der Waals surface area contributed by atoms with Crippen molar-refractivity contribution in [2.45, 2.75) is 23.8 Å². The van der Waals surface area contributed by atoms with Crippen molar-refractivity contribution in [2.24, 2.45) is 0 Å². The molecule has 140 valence electrons. The van der Waals surface area contributed by atoms with Gasteiger partial charge in [0.15, 0.2) is 5.78 Å². The van der Waals surface area contributed by atoms with Gasteiger partial charge < -0.3 is 4.74 Å².